The number of amides is 2. The first-order chi connectivity index (χ1) is 10.0. The van der Waals surface area contributed by atoms with E-state index in [4.69, 9.17) is 9.47 Å². The zero-order chi connectivity index (χ0) is 15.8. The fourth-order valence-corrected chi connectivity index (χ4v) is 1.94. The van der Waals surface area contributed by atoms with Gasteiger partial charge in [-0.1, -0.05) is 0 Å². The van der Waals surface area contributed by atoms with Crippen molar-refractivity contribution >= 4 is 18.0 Å². The van der Waals surface area contributed by atoms with Gasteiger partial charge in [-0.05, 0) is 26.7 Å². The maximum absolute atomic E-state index is 12.0. The van der Waals surface area contributed by atoms with E-state index in [-0.39, 0.29) is 24.7 Å². The first kappa shape index (κ1) is 16.8. The summed E-state index contributed by atoms with van der Waals surface area (Å²) in [5.74, 6) is -0.357. The van der Waals surface area contributed by atoms with Crippen molar-refractivity contribution in [3.63, 3.8) is 0 Å². The van der Waals surface area contributed by atoms with Gasteiger partial charge in [-0.2, -0.15) is 5.01 Å². The highest BCUT2D eigenvalue weighted by Crippen LogP contribution is 2.18. The molecule has 8 nitrogen and oxygen atoms in total. The Labute approximate surface area is 123 Å². The number of nitrogens with zero attached hydrogens (tertiary/aromatic N) is 1. The molecule has 0 saturated carbocycles. The fourth-order valence-electron chi connectivity index (χ4n) is 1.94. The minimum atomic E-state index is -0.836. The lowest BCUT2D eigenvalue weighted by Gasteiger charge is -2.24. The van der Waals surface area contributed by atoms with Crippen LogP contribution in [0.3, 0.4) is 0 Å². The van der Waals surface area contributed by atoms with Crippen molar-refractivity contribution < 1.29 is 23.9 Å². The molecular formula is C13H21N3O5. The highest BCUT2D eigenvalue weighted by molar-refractivity contribution is 5.97. The van der Waals surface area contributed by atoms with E-state index in [0.29, 0.717) is 18.7 Å². The van der Waals surface area contributed by atoms with E-state index in [1.54, 1.807) is 13.8 Å². The lowest BCUT2D eigenvalue weighted by atomic mass is 10.2. The number of allylic oxidation sites excluding steroid dienone is 2. The van der Waals surface area contributed by atoms with E-state index < -0.39 is 12.2 Å². The summed E-state index contributed by atoms with van der Waals surface area (Å²) >= 11 is 0. The molecule has 8 heteroatoms. The van der Waals surface area contributed by atoms with E-state index in [1.165, 1.54) is 6.92 Å². The SMILES string of the molecule is CCOC(=O)NN(C(=O)OCC)/C(C(C)=O)=C1\CCCN1. The first-order valence-electron chi connectivity index (χ1n) is 6.89. The highest BCUT2D eigenvalue weighted by Gasteiger charge is 2.29. The monoisotopic (exact) mass is 299 g/mol. The van der Waals surface area contributed by atoms with Crippen molar-refractivity contribution in [1.29, 1.82) is 0 Å². The van der Waals surface area contributed by atoms with Gasteiger partial charge in [0.05, 0.1) is 13.2 Å². The number of hydrogen-bond donors (Lipinski definition) is 2. The topological polar surface area (TPSA) is 97.0 Å². The van der Waals surface area contributed by atoms with Gasteiger partial charge in [-0.3, -0.25) is 4.79 Å². The standard InChI is InChI=1S/C13H21N3O5/c1-4-20-12(18)15-16(13(19)21-5-2)11(9(3)17)10-7-6-8-14-10/h14H,4-8H2,1-3H3,(H,15,18)/b11-10+. The van der Waals surface area contributed by atoms with Crippen molar-refractivity contribution in [2.45, 2.75) is 33.6 Å². The van der Waals surface area contributed by atoms with Crippen molar-refractivity contribution in [3.05, 3.63) is 11.4 Å². The molecule has 2 amide bonds. The fraction of sp³-hybridized carbons (Fsp3) is 0.615. The van der Waals surface area contributed by atoms with Gasteiger partial charge in [0.2, 0.25) is 0 Å². The summed E-state index contributed by atoms with van der Waals surface area (Å²) in [5.41, 5.74) is 2.91. The Hall–Kier alpha value is -2.25. The van der Waals surface area contributed by atoms with Gasteiger partial charge in [0.1, 0.15) is 5.70 Å². The Morgan fingerprint density at radius 1 is 1.24 bits per heavy atom. The van der Waals surface area contributed by atoms with Crippen LogP contribution in [0.1, 0.15) is 33.6 Å². The number of hydrazine groups is 1. The molecule has 0 spiro atoms. The zero-order valence-electron chi connectivity index (χ0n) is 12.5. The van der Waals surface area contributed by atoms with Crippen molar-refractivity contribution in [2.24, 2.45) is 0 Å². The van der Waals surface area contributed by atoms with E-state index in [1.807, 2.05) is 0 Å². The molecule has 0 atom stereocenters. The maximum Gasteiger partial charge on any atom is 0.433 e. The smallest absolute Gasteiger partial charge is 0.433 e. The Kier molecular flexibility index (Phi) is 6.51. The maximum atomic E-state index is 12.0. The Bertz CT molecular complexity index is 439. The van der Waals surface area contributed by atoms with Crippen LogP contribution in [0.25, 0.3) is 0 Å². The number of ether oxygens (including phenoxy) is 2. The number of carbonyl (C=O) groups is 3. The number of carbonyl (C=O) groups excluding carboxylic acids is 3. The normalized spacial score (nSPS) is 15.8. The van der Waals surface area contributed by atoms with E-state index in [0.717, 1.165) is 11.4 Å². The molecule has 0 aromatic carbocycles. The summed E-state index contributed by atoms with van der Waals surface area (Å²) in [6.07, 6.45) is -0.197. The van der Waals surface area contributed by atoms with Crippen LogP contribution in [0.5, 0.6) is 0 Å². The summed E-state index contributed by atoms with van der Waals surface area (Å²) in [5, 5.41) is 3.84. The van der Waals surface area contributed by atoms with Gasteiger partial charge in [0.15, 0.2) is 5.78 Å². The zero-order valence-corrected chi connectivity index (χ0v) is 12.5. The number of nitrogens with one attached hydrogen (secondary N) is 2. The van der Waals surface area contributed by atoms with Crippen LogP contribution < -0.4 is 10.7 Å². The number of Topliss-reactive ketones (excluding diaryl/α,β-unsaturated/α-hetero) is 1. The summed E-state index contributed by atoms with van der Waals surface area (Å²) in [6.45, 7) is 5.57. The third kappa shape index (κ3) is 4.66. The van der Waals surface area contributed by atoms with Gasteiger partial charge in [-0.15, -0.1) is 0 Å². The van der Waals surface area contributed by atoms with Gasteiger partial charge in [-0.25, -0.2) is 15.0 Å². The van der Waals surface area contributed by atoms with Gasteiger partial charge in [0.25, 0.3) is 0 Å². The molecule has 1 heterocycles. The molecule has 0 unspecified atom stereocenters. The minimum absolute atomic E-state index is 0.0685. The lowest BCUT2D eigenvalue weighted by molar-refractivity contribution is -0.115. The molecule has 0 bridgehead atoms. The van der Waals surface area contributed by atoms with Crippen molar-refractivity contribution in [1.82, 2.24) is 15.8 Å². The molecule has 118 valence electrons. The quantitative estimate of drug-likeness (QED) is 0.600. The van der Waals surface area contributed by atoms with Gasteiger partial charge >= 0.3 is 12.2 Å². The molecule has 1 fully saturated rings. The first-order valence-corrected chi connectivity index (χ1v) is 6.89. The van der Waals surface area contributed by atoms with Crippen LogP contribution in [-0.4, -0.2) is 42.7 Å². The summed E-state index contributed by atoms with van der Waals surface area (Å²) in [6, 6.07) is 0. The lowest BCUT2D eigenvalue weighted by Crippen LogP contribution is -2.48. The minimum Gasteiger partial charge on any atom is -0.449 e. The molecule has 0 radical (unpaired) electrons. The van der Waals surface area contributed by atoms with Crippen LogP contribution in [-0.2, 0) is 14.3 Å². The summed E-state index contributed by atoms with van der Waals surface area (Å²) < 4.78 is 9.62. The predicted molar refractivity (Wildman–Crippen MR) is 74.0 cm³/mol. The molecule has 1 aliphatic rings. The third-order valence-electron chi connectivity index (χ3n) is 2.71. The average Bonchev–Trinajstić information content (AvgIpc) is 2.92. The Morgan fingerprint density at radius 2 is 1.90 bits per heavy atom. The van der Waals surface area contributed by atoms with E-state index >= 15 is 0 Å². The number of ketones is 1. The van der Waals surface area contributed by atoms with Crippen LogP contribution in [0.15, 0.2) is 11.4 Å². The van der Waals surface area contributed by atoms with Gasteiger partial charge in [0, 0.05) is 19.2 Å². The van der Waals surface area contributed by atoms with Crippen molar-refractivity contribution in [2.75, 3.05) is 19.8 Å². The largest absolute Gasteiger partial charge is 0.449 e. The second kappa shape index (κ2) is 8.13. The Morgan fingerprint density at radius 3 is 2.38 bits per heavy atom. The van der Waals surface area contributed by atoms with Crippen LogP contribution in [0.2, 0.25) is 0 Å². The molecule has 21 heavy (non-hydrogen) atoms. The molecule has 0 aromatic rings. The van der Waals surface area contributed by atoms with Crippen LogP contribution in [0, 0.1) is 0 Å². The highest BCUT2D eigenvalue weighted by atomic mass is 16.6. The molecule has 1 aliphatic heterocycles. The molecule has 0 aromatic heterocycles. The number of hydrogen-bond acceptors (Lipinski definition) is 6. The van der Waals surface area contributed by atoms with Gasteiger partial charge < -0.3 is 14.8 Å². The molecule has 1 saturated heterocycles. The second-order valence-electron chi connectivity index (χ2n) is 4.28. The molecule has 2 N–H and O–H groups in total. The number of rotatable bonds is 4. The average molecular weight is 299 g/mol. The van der Waals surface area contributed by atoms with E-state index in [2.05, 4.69) is 10.7 Å². The van der Waals surface area contributed by atoms with Crippen LogP contribution in [0.4, 0.5) is 9.59 Å². The van der Waals surface area contributed by atoms with Crippen LogP contribution >= 0.6 is 0 Å². The van der Waals surface area contributed by atoms with E-state index in [9.17, 15) is 14.4 Å². The Balaban J connectivity index is 3.07. The third-order valence-corrected chi connectivity index (χ3v) is 2.71. The molecule has 1 rings (SSSR count). The van der Waals surface area contributed by atoms with Crippen molar-refractivity contribution in [3.8, 4) is 0 Å². The summed E-state index contributed by atoms with van der Waals surface area (Å²) in [7, 11) is 0. The summed E-state index contributed by atoms with van der Waals surface area (Å²) in [4.78, 5) is 35.5. The second-order valence-corrected chi connectivity index (χ2v) is 4.28. The molecule has 0 aliphatic carbocycles. The molecular weight excluding hydrogens is 278 g/mol. The predicted octanol–water partition coefficient (Wildman–Crippen LogP) is 1.29.